The molecule has 1 aliphatic carbocycles. The maximum absolute atomic E-state index is 4.52. The van der Waals surface area contributed by atoms with Gasteiger partial charge in [0.15, 0.2) is 5.82 Å². The Morgan fingerprint density at radius 1 is 1.05 bits per heavy atom. The molecule has 3 heterocycles. The van der Waals surface area contributed by atoms with E-state index in [1.165, 1.54) is 69.9 Å². The fourth-order valence-electron chi connectivity index (χ4n) is 3.68. The number of aromatic nitrogens is 2. The zero-order valence-corrected chi connectivity index (χ0v) is 12.9. The Labute approximate surface area is 127 Å². The first-order valence-electron chi connectivity index (χ1n) is 8.62. The fourth-order valence-corrected chi connectivity index (χ4v) is 3.68. The summed E-state index contributed by atoms with van der Waals surface area (Å²) in [6.07, 6.45) is 5.38. The van der Waals surface area contributed by atoms with E-state index in [0.717, 1.165) is 24.9 Å². The fraction of sp³-hybridized carbons (Fsp3) is 0.812. The Morgan fingerprint density at radius 3 is 2.52 bits per heavy atom. The molecule has 3 fully saturated rings. The van der Waals surface area contributed by atoms with Gasteiger partial charge < -0.3 is 10.2 Å². The van der Waals surface area contributed by atoms with Crippen molar-refractivity contribution >= 4 is 5.82 Å². The number of nitrogens with zero attached hydrogens (tertiary/aromatic N) is 3. The monoisotopic (exact) mass is 289 g/mol. The number of piperidine rings is 1. The summed E-state index contributed by atoms with van der Waals surface area (Å²) in [5, 5.41) is 11.2. The van der Waals surface area contributed by atoms with Crippen molar-refractivity contribution < 1.29 is 0 Å². The van der Waals surface area contributed by atoms with Gasteiger partial charge in [0, 0.05) is 50.4 Å². The molecule has 0 atom stereocenters. The van der Waals surface area contributed by atoms with Gasteiger partial charge in [-0.3, -0.25) is 10.00 Å². The molecule has 5 nitrogen and oxygen atoms in total. The molecule has 0 amide bonds. The smallest absolute Gasteiger partial charge is 0.150 e. The molecule has 1 aromatic rings. The number of hydrogen-bond acceptors (Lipinski definition) is 4. The van der Waals surface area contributed by atoms with Crippen molar-refractivity contribution in [2.75, 3.05) is 50.7 Å². The summed E-state index contributed by atoms with van der Waals surface area (Å²) in [7, 11) is 0. The highest BCUT2D eigenvalue weighted by Crippen LogP contribution is 2.39. The Kier molecular flexibility index (Phi) is 3.86. The largest absolute Gasteiger partial charge is 0.353 e. The number of H-pyrrole nitrogens is 1. The molecule has 0 bridgehead atoms. The van der Waals surface area contributed by atoms with Gasteiger partial charge in [-0.1, -0.05) is 0 Å². The van der Waals surface area contributed by atoms with Crippen LogP contribution in [-0.2, 0) is 0 Å². The minimum atomic E-state index is 0.771. The standard InChI is InChI=1S/C16H27N5/c1-2-14(1)15-11-16(19-18-15)21-9-7-20(8-10-21)12-13-3-5-17-6-4-13/h11,13-14,17H,1-10,12H2,(H,18,19). The summed E-state index contributed by atoms with van der Waals surface area (Å²) < 4.78 is 0. The van der Waals surface area contributed by atoms with Crippen LogP contribution in [-0.4, -0.2) is 60.9 Å². The summed E-state index contributed by atoms with van der Waals surface area (Å²) in [6, 6.07) is 2.28. The van der Waals surface area contributed by atoms with E-state index < -0.39 is 0 Å². The van der Waals surface area contributed by atoms with E-state index in [4.69, 9.17) is 0 Å². The first-order chi connectivity index (χ1) is 10.4. The zero-order chi connectivity index (χ0) is 14.1. The third-order valence-electron chi connectivity index (χ3n) is 5.27. The summed E-state index contributed by atoms with van der Waals surface area (Å²) >= 11 is 0. The lowest BCUT2D eigenvalue weighted by atomic mass is 9.97. The Morgan fingerprint density at radius 2 is 1.81 bits per heavy atom. The van der Waals surface area contributed by atoms with Gasteiger partial charge in [-0.05, 0) is 44.7 Å². The van der Waals surface area contributed by atoms with E-state index >= 15 is 0 Å². The van der Waals surface area contributed by atoms with Crippen molar-refractivity contribution in [3.05, 3.63) is 11.8 Å². The summed E-state index contributed by atoms with van der Waals surface area (Å²) in [6.45, 7) is 8.35. The maximum atomic E-state index is 4.52. The zero-order valence-electron chi connectivity index (χ0n) is 12.9. The molecule has 4 rings (SSSR count). The Balaban J connectivity index is 1.27. The van der Waals surface area contributed by atoms with Gasteiger partial charge >= 0.3 is 0 Å². The summed E-state index contributed by atoms with van der Waals surface area (Å²) in [4.78, 5) is 5.10. The SMILES string of the molecule is c1c(N2CCN(CC3CCNCC3)CC2)n[nH]c1C1CC1. The number of aromatic amines is 1. The molecule has 5 heteroatoms. The van der Waals surface area contributed by atoms with Crippen LogP contribution in [0.5, 0.6) is 0 Å². The number of anilines is 1. The molecule has 0 radical (unpaired) electrons. The van der Waals surface area contributed by atoms with Crippen LogP contribution in [0.2, 0.25) is 0 Å². The Hall–Kier alpha value is -1.07. The molecule has 3 aliphatic rings. The van der Waals surface area contributed by atoms with Crippen LogP contribution < -0.4 is 10.2 Å². The minimum absolute atomic E-state index is 0.771. The molecule has 116 valence electrons. The molecule has 21 heavy (non-hydrogen) atoms. The van der Waals surface area contributed by atoms with Gasteiger partial charge in [-0.15, -0.1) is 0 Å². The molecule has 2 N–H and O–H groups in total. The molecule has 2 saturated heterocycles. The third kappa shape index (κ3) is 3.24. The molecule has 0 spiro atoms. The van der Waals surface area contributed by atoms with Crippen molar-refractivity contribution in [3.8, 4) is 0 Å². The van der Waals surface area contributed by atoms with Gasteiger partial charge in [0.25, 0.3) is 0 Å². The lowest BCUT2D eigenvalue weighted by molar-refractivity contribution is 0.196. The van der Waals surface area contributed by atoms with Gasteiger partial charge in [0.05, 0.1) is 0 Å². The van der Waals surface area contributed by atoms with Crippen LogP contribution in [0.1, 0.15) is 37.3 Å². The second kappa shape index (κ2) is 5.97. The molecular weight excluding hydrogens is 262 g/mol. The highest BCUT2D eigenvalue weighted by atomic mass is 15.3. The predicted octanol–water partition coefficient (Wildman–Crippen LogP) is 1.41. The van der Waals surface area contributed by atoms with Crippen LogP contribution in [0, 0.1) is 5.92 Å². The topological polar surface area (TPSA) is 47.2 Å². The third-order valence-corrected chi connectivity index (χ3v) is 5.27. The first-order valence-corrected chi connectivity index (χ1v) is 8.62. The number of rotatable bonds is 4. The van der Waals surface area contributed by atoms with Gasteiger partial charge in [0.2, 0.25) is 0 Å². The summed E-state index contributed by atoms with van der Waals surface area (Å²) in [5.41, 5.74) is 1.35. The van der Waals surface area contributed by atoms with E-state index in [1.54, 1.807) is 0 Å². The highest BCUT2D eigenvalue weighted by Gasteiger charge is 2.27. The molecule has 0 aromatic carbocycles. The van der Waals surface area contributed by atoms with E-state index in [-0.39, 0.29) is 0 Å². The summed E-state index contributed by atoms with van der Waals surface area (Å²) in [5.74, 6) is 2.84. The number of nitrogens with one attached hydrogen (secondary N) is 2. The lowest BCUT2D eigenvalue weighted by Gasteiger charge is -2.37. The normalized spacial score (nSPS) is 25.4. The molecule has 0 unspecified atom stereocenters. The van der Waals surface area contributed by atoms with Crippen LogP contribution in [0.3, 0.4) is 0 Å². The average Bonchev–Trinajstić information content (AvgIpc) is 3.27. The second-order valence-electron chi connectivity index (χ2n) is 6.94. The van der Waals surface area contributed by atoms with Crippen molar-refractivity contribution in [2.45, 2.75) is 31.6 Å². The van der Waals surface area contributed by atoms with E-state index in [0.29, 0.717) is 0 Å². The van der Waals surface area contributed by atoms with Gasteiger partial charge in [-0.2, -0.15) is 5.10 Å². The number of piperazine rings is 1. The van der Waals surface area contributed by atoms with Crippen molar-refractivity contribution in [3.63, 3.8) is 0 Å². The molecule has 1 aromatic heterocycles. The van der Waals surface area contributed by atoms with Gasteiger partial charge in [-0.25, -0.2) is 0 Å². The molecule has 1 saturated carbocycles. The van der Waals surface area contributed by atoms with Crippen molar-refractivity contribution in [2.24, 2.45) is 5.92 Å². The molecular formula is C16H27N5. The van der Waals surface area contributed by atoms with E-state index in [2.05, 4.69) is 31.4 Å². The second-order valence-corrected chi connectivity index (χ2v) is 6.94. The van der Waals surface area contributed by atoms with Gasteiger partial charge in [0.1, 0.15) is 0 Å². The quantitative estimate of drug-likeness (QED) is 0.880. The lowest BCUT2D eigenvalue weighted by Crippen LogP contribution is -2.48. The van der Waals surface area contributed by atoms with Crippen LogP contribution in [0.15, 0.2) is 6.07 Å². The van der Waals surface area contributed by atoms with E-state index in [1.807, 2.05) is 0 Å². The predicted molar refractivity (Wildman–Crippen MR) is 84.8 cm³/mol. The van der Waals surface area contributed by atoms with Crippen molar-refractivity contribution in [1.29, 1.82) is 0 Å². The van der Waals surface area contributed by atoms with E-state index in [9.17, 15) is 0 Å². The minimum Gasteiger partial charge on any atom is -0.353 e. The number of hydrogen-bond donors (Lipinski definition) is 2. The van der Waals surface area contributed by atoms with Crippen molar-refractivity contribution in [1.82, 2.24) is 20.4 Å². The maximum Gasteiger partial charge on any atom is 0.150 e. The first kappa shape index (κ1) is 13.6. The Bertz CT molecular complexity index is 453. The molecule has 2 aliphatic heterocycles. The van der Waals surface area contributed by atoms with Crippen LogP contribution in [0.25, 0.3) is 0 Å². The average molecular weight is 289 g/mol. The highest BCUT2D eigenvalue weighted by molar-refractivity contribution is 5.41. The van der Waals surface area contributed by atoms with Crippen LogP contribution in [0.4, 0.5) is 5.82 Å². The van der Waals surface area contributed by atoms with Crippen LogP contribution >= 0.6 is 0 Å².